The third kappa shape index (κ3) is 4.88. The standard InChI is InChI=1S/C41H42N4O/c1-7-28(3)39(46)29(27-43-45-37-23-15-9-17-31(37)40(4,5)32-18-10-16-24-38(32)45)25-30(26-42)44-35-21-13-11-19-33(35)41(6,8-2)34-20-12-14-22-36(34)44/h7,9-26,43H,1,3,8,27,42H2,2,4-6H3/b29-25+,30-26+. The molecule has 3 N–H and O–H groups in total. The molecule has 0 spiro atoms. The van der Waals surface area contributed by atoms with Crippen molar-refractivity contribution in [3.05, 3.63) is 168 Å². The van der Waals surface area contributed by atoms with Gasteiger partial charge < -0.3 is 10.6 Å². The fraction of sp³-hybridized carbons (Fsp3) is 0.195. The second-order valence-corrected chi connectivity index (χ2v) is 12.7. The van der Waals surface area contributed by atoms with Crippen molar-refractivity contribution < 1.29 is 4.79 Å². The first kappa shape index (κ1) is 30.9. The van der Waals surface area contributed by atoms with E-state index >= 15 is 0 Å². The number of ketones is 1. The van der Waals surface area contributed by atoms with E-state index in [1.165, 1.54) is 28.3 Å². The van der Waals surface area contributed by atoms with E-state index < -0.39 is 0 Å². The number of Topliss-reactive ketones (excluding diaryl/α,β-unsaturated/α-hetero) is 1. The molecule has 2 aliphatic rings. The van der Waals surface area contributed by atoms with E-state index in [9.17, 15) is 4.79 Å². The number of benzene rings is 4. The van der Waals surface area contributed by atoms with Gasteiger partial charge in [-0.25, -0.2) is 5.43 Å². The molecule has 0 radical (unpaired) electrons. The first-order chi connectivity index (χ1) is 22.2. The van der Waals surface area contributed by atoms with Crippen molar-refractivity contribution in [3.8, 4) is 0 Å². The lowest BCUT2D eigenvalue weighted by atomic mass is 9.70. The van der Waals surface area contributed by atoms with Gasteiger partial charge in [0.2, 0.25) is 0 Å². The predicted molar refractivity (Wildman–Crippen MR) is 192 cm³/mol. The van der Waals surface area contributed by atoms with Gasteiger partial charge in [-0.05, 0) is 59.0 Å². The smallest absolute Gasteiger partial charge is 0.189 e. The van der Waals surface area contributed by atoms with E-state index in [4.69, 9.17) is 5.73 Å². The van der Waals surface area contributed by atoms with Gasteiger partial charge in [0.05, 0.1) is 28.4 Å². The molecule has 0 fully saturated rings. The third-order valence-electron chi connectivity index (χ3n) is 9.83. The van der Waals surface area contributed by atoms with Gasteiger partial charge in [-0.1, -0.05) is 120 Å². The number of rotatable bonds is 9. The number of carbonyl (C=O) groups excluding carboxylic acids is 1. The highest BCUT2D eigenvalue weighted by Gasteiger charge is 2.39. The third-order valence-corrected chi connectivity index (χ3v) is 9.83. The summed E-state index contributed by atoms with van der Waals surface area (Å²) >= 11 is 0. The summed E-state index contributed by atoms with van der Waals surface area (Å²) in [5.74, 6) is -0.197. The van der Waals surface area contributed by atoms with Crippen LogP contribution in [0.15, 0.2) is 145 Å². The summed E-state index contributed by atoms with van der Waals surface area (Å²) in [7, 11) is 0. The van der Waals surface area contributed by atoms with Crippen molar-refractivity contribution in [1.82, 2.24) is 5.43 Å². The average molecular weight is 607 g/mol. The van der Waals surface area contributed by atoms with E-state index in [1.807, 2.05) is 30.3 Å². The Hall–Kier alpha value is -5.13. The van der Waals surface area contributed by atoms with Crippen LogP contribution in [0.3, 0.4) is 0 Å². The number of allylic oxidation sites excluding steroid dienone is 3. The molecule has 5 nitrogen and oxygen atoms in total. The lowest BCUT2D eigenvalue weighted by Crippen LogP contribution is -2.42. The second kappa shape index (κ2) is 12.0. The molecule has 232 valence electrons. The maximum Gasteiger partial charge on any atom is 0.189 e. The fourth-order valence-corrected chi connectivity index (χ4v) is 7.07. The number of fused-ring (bicyclic) bond motifs is 4. The topological polar surface area (TPSA) is 61.6 Å². The van der Waals surface area contributed by atoms with Crippen molar-refractivity contribution in [2.24, 2.45) is 5.73 Å². The molecule has 0 amide bonds. The number of hydrogen-bond acceptors (Lipinski definition) is 5. The molecule has 6 rings (SSSR count). The zero-order chi connectivity index (χ0) is 32.6. The maximum atomic E-state index is 13.9. The van der Waals surface area contributed by atoms with Crippen LogP contribution < -0.4 is 21.1 Å². The molecule has 0 saturated carbocycles. The van der Waals surface area contributed by atoms with Crippen LogP contribution in [0, 0.1) is 0 Å². The highest BCUT2D eigenvalue weighted by molar-refractivity contribution is 6.10. The molecule has 4 aromatic carbocycles. The number of carbonyl (C=O) groups is 1. The first-order valence-corrected chi connectivity index (χ1v) is 15.9. The number of nitrogens with zero attached hydrogens (tertiary/aromatic N) is 2. The van der Waals surface area contributed by atoms with Gasteiger partial charge in [0.1, 0.15) is 0 Å². The summed E-state index contributed by atoms with van der Waals surface area (Å²) in [6.07, 6.45) is 5.92. The zero-order valence-corrected chi connectivity index (χ0v) is 27.2. The number of nitrogens with two attached hydrogens (primary N) is 1. The van der Waals surface area contributed by atoms with Gasteiger partial charge in [-0.15, -0.1) is 0 Å². The fourth-order valence-electron chi connectivity index (χ4n) is 7.07. The van der Waals surface area contributed by atoms with Gasteiger partial charge >= 0.3 is 0 Å². The van der Waals surface area contributed by atoms with E-state index in [1.54, 1.807) is 6.20 Å². The molecule has 46 heavy (non-hydrogen) atoms. The van der Waals surface area contributed by atoms with Gasteiger partial charge in [-0.3, -0.25) is 9.80 Å². The molecule has 2 aliphatic heterocycles. The van der Waals surface area contributed by atoms with Crippen molar-refractivity contribution >= 4 is 28.5 Å². The largest absolute Gasteiger partial charge is 0.403 e. The molecule has 2 heterocycles. The Morgan fingerprint density at radius 2 is 1.24 bits per heavy atom. The minimum absolute atomic E-state index is 0.173. The lowest BCUT2D eigenvalue weighted by molar-refractivity contribution is -0.112. The minimum Gasteiger partial charge on any atom is -0.403 e. The zero-order valence-electron chi connectivity index (χ0n) is 27.2. The molecule has 0 bridgehead atoms. The normalized spacial score (nSPS) is 16.1. The van der Waals surface area contributed by atoms with Crippen LogP contribution in [-0.4, -0.2) is 12.3 Å². The lowest BCUT2D eigenvalue weighted by Gasteiger charge is -2.44. The summed E-state index contributed by atoms with van der Waals surface area (Å²) in [4.78, 5) is 16.1. The van der Waals surface area contributed by atoms with E-state index in [2.05, 4.69) is 129 Å². The van der Waals surface area contributed by atoms with Crippen molar-refractivity contribution in [1.29, 1.82) is 0 Å². The molecule has 5 heteroatoms. The molecular formula is C41H42N4O. The molecule has 4 aromatic rings. The maximum absolute atomic E-state index is 13.9. The quantitative estimate of drug-likeness (QED) is 0.147. The first-order valence-electron chi connectivity index (χ1n) is 15.9. The SMILES string of the molecule is C=CC(=C)C(=O)/C(=C/C(=C\N)N1c2ccccc2C(C)(CC)c2ccccc21)CNN1c2ccccc2C(C)(C)c2ccccc21. The van der Waals surface area contributed by atoms with Crippen molar-refractivity contribution in [2.75, 3.05) is 16.5 Å². The van der Waals surface area contributed by atoms with Crippen LogP contribution in [0.4, 0.5) is 22.7 Å². The molecule has 0 unspecified atom stereocenters. The Morgan fingerprint density at radius 1 is 0.783 bits per heavy atom. The van der Waals surface area contributed by atoms with E-state index in [-0.39, 0.29) is 23.2 Å². The van der Waals surface area contributed by atoms with Crippen LogP contribution in [-0.2, 0) is 15.6 Å². The number of anilines is 4. The highest BCUT2D eigenvalue weighted by atomic mass is 16.1. The van der Waals surface area contributed by atoms with E-state index in [0.29, 0.717) is 16.8 Å². The van der Waals surface area contributed by atoms with Crippen molar-refractivity contribution in [2.45, 2.75) is 44.9 Å². The summed E-state index contributed by atoms with van der Waals surface area (Å²) in [6.45, 7) is 17.1. The Balaban J connectivity index is 1.45. The van der Waals surface area contributed by atoms with Crippen LogP contribution in [0.2, 0.25) is 0 Å². The minimum atomic E-state index is -0.197. The number of hydrazine groups is 1. The molecule has 0 aromatic heterocycles. The average Bonchev–Trinajstić information content (AvgIpc) is 3.09. The molecule has 0 aliphatic carbocycles. The summed E-state index contributed by atoms with van der Waals surface area (Å²) in [5, 5.41) is 2.09. The summed E-state index contributed by atoms with van der Waals surface area (Å²) < 4.78 is 0. The monoisotopic (exact) mass is 606 g/mol. The van der Waals surface area contributed by atoms with Gasteiger partial charge in [0, 0.05) is 34.7 Å². The summed E-state index contributed by atoms with van der Waals surface area (Å²) in [6, 6.07) is 33.7. The predicted octanol–water partition coefficient (Wildman–Crippen LogP) is 8.87. The molecule has 0 atom stereocenters. The van der Waals surface area contributed by atoms with Crippen LogP contribution in [0.1, 0.15) is 56.4 Å². The van der Waals surface area contributed by atoms with Gasteiger partial charge in [0.15, 0.2) is 5.78 Å². The van der Waals surface area contributed by atoms with Crippen LogP contribution >= 0.6 is 0 Å². The van der Waals surface area contributed by atoms with Crippen LogP contribution in [0.25, 0.3) is 0 Å². The number of hydrogen-bond donors (Lipinski definition) is 2. The van der Waals surface area contributed by atoms with Gasteiger partial charge in [0.25, 0.3) is 0 Å². The second-order valence-electron chi connectivity index (χ2n) is 12.7. The Kier molecular flexibility index (Phi) is 8.05. The van der Waals surface area contributed by atoms with E-state index in [0.717, 1.165) is 29.2 Å². The van der Waals surface area contributed by atoms with Gasteiger partial charge in [-0.2, -0.15) is 0 Å². The molecule has 0 saturated heterocycles. The Labute approximate surface area is 273 Å². The van der Waals surface area contributed by atoms with Crippen molar-refractivity contribution in [3.63, 3.8) is 0 Å². The van der Waals surface area contributed by atoms with Crippen LogP contribution in [0.5, 0.6) is 0 Å². The summed E-state index contributed by atoms with van der Waals surface area (Å²) in [5.41, 5.74) is 20.2. The Morgan fingerprint density at radius 3 is 1.70 bits per heavy atom. The highest BCUT2D eigenvalue weighted by Crippen LogP contribution is 2.52. The Bertz CT molecular complexity index is 1820. The number of nitrogens with one attached hydrogen (secondary N) is 1. The molecular weight excluding hydrogens is 564 g/mol. The number of para-hydroxylation sites is 4.